The van der Waals surface area contributed by atoms with E-state index in [2.05, 4.69) is 5.32 Å². The van der Waals surface area contributed by atoms with E-state index >= 15 is 0 Å². The van der Waals surface area contributed by atoms with Crippen molar-refractivity contribution in [1.29, 1.82) is 0 Å². The van der Waals surface area contributed by atoms with Crippen LogP contribution in [-0.2, 0) is 7.05 Å². The summed E-state index contributed by atoms with van der Waals surface area (Å²) < 4.78 is 8.88. The lowest BCUT2D eigenvalue weighted by molar-refractivity contribution is 0.0997. The molecule has 2 aromatic heterocycles. The fraction of sp³-hybridized carbons (Fsp3) is 0.0909. The smallest absolute Gasteiger partial charge is 0.295 e. The molecule has 0 aliphatic rings. The average Bonchev–Trinajstić information content (AvgIpc) is 3.29. The first-order chi connectivity index (χ1) is 14.0. The van der Waals surface area contributed by atoms with E-state index in [1.165, 1.54) is 4.68 Å². The largest absolute Gasteiger partial charge is 0.451 e. The number of nitrogens with zero attached hydrogens (tertiary/aromatic N) is 2. The highest BCUT2D eigenvalue weighted by Crippen LogP contribution is 2.25. The van der Waals surface area contributed by atoms with Crippen LogP contribution in [0.3, 0.4) is 0 Å². The van der Waals surface area contributed by atoms with E-state index in [4.69, 9.17) is 16.0 Å². The number of halogens is 1. The fourth-order valence-electron chi connectivity index (χ4n) is 3.14. The van der Waals surface area contributed by atoms with Gasteiger partial charge in [-0.1, -0.05) is 41.9 Å². The van der Waals surface area contributed by atoms with Crippen molar-refractivity contribution in [1.82, 2.24) is 9.36 Å². The predicted octanol–water partition coefficient (Wildman–Crippen LogP) is 4.65. The van der Waals surface area contributed by atoms with Crippen LogP contribution >= 0.6 is 11.6 Å². The van der Waals surface area contributed by atoms with Crippen molar-refractivity contribution in [2.45, 2.75) is 6.92 Å². The Morgan fingerprint density at radius 1 is 1.03 bits per heavy atom. The number of benzene rings is 2. The van der Waals surface area contributed by atoms with Gasteiger partial charge in [0.2, 0.25) is 0 Å². The van der Waals surface area contributed by atoms with Gasteiger partial charge in [-0.2, -0.15) is 0 Å². The van der Waals surface area contributed by atoms with E-state index in [1.54, 1.807) is 49.0 Å². The summed E-state index contributed by atoms with van der Waals surface area (Å²) in [5, 5.41) is 3.26. The molecule has 1 amide bonds. The summed E-state index contributed by atoms with van der Waals surface area (Å²) in [6, 6.07) is 19.7. The second-order valence-corrected chi connectivity index (χ2v) is 7.00. The number of rotatable bonds is 4. The molecular weight excluding hydrogens is 390 g/mol. The molecule has 0 unspecified atom stereocenters. The number of anilines is 1. The second kappa shape index (κ2) is 7.48. The lowest BCUT2D eigenvalue weighted by Crippen LogP contribution is -2.22. The SMILES string of the molecule is Cc1c(NC(=O)c2ccc(-c3cccc(Cl)c3)o2)c(=O)n(-c2ccccc2)n1C. The minimum Gasteiger partial charge on any atom is -0.451 e. The fourth-order valence-corrected chi connectivity index (χ4v) is 3.33. The molecule has 0 saturated carbocycles. The average molecular weight is 408 g/mol. The zero-order valence-corrected chi connectivity index (χ0v) is 16.6. The molecule has 0 radical (unpaired) electrons. The van der Waals surface area contributed by atoms with Crippen LogP contribution in [-0.4, -0.2) is 15.3 Å². The summed E-state index contributed by atoms with van der Waals surface area (Å²) in [6.45, 7) is 1.77. The van der Waals surface area contributed by atoms with Crippen molar-refractivity contribution in [2.75, 3.05) is 5.32 Å². The van der Waals surface area contributed by atoms with Gasteiger partial charge in [-0.15, -0.1) is 0 Å². The van der Waals surface area contributed by atoms with Gasteiger partial charge in [0.15, 0.2) is 5.76 Å². The summed E-state index contributed by atoms with van der Waals surface area (Å²) in [6.07, 6.45) is 0. The van der Waals surface area contributed by atoms with Crippen LogP contribution in [0.2, 0.25) is 5.02 Å². The Hall–Kier alpha value is -3.51. The highest BCUT2D eigenvalue weighted by atomic mass is 35.5. The minimum absolute atomic E-state index is 0.105. The third-order valence-electron chi connectivity index (χ3n) is 4.73. The lowest BCUT2D eigenvalue weighted by atomic mass is 10.2. The van der Waals surface area contributed by atoms with Gasteiger partial charge in [0.05, 0.1) is 11.4 Å². The highest BCUT2D eigenvalue weighted by molar-refractivity contribution is 6.30. The monoisotopic (exact) mass is 407 g/mol. The summed E-state index contributed by atoms with van der Waals surface area (Å²) in [5.74, 6) is 0.127. The van der Waals surface area contributed by atoms with Gasteiger partial charge in [0.25, 0.3) is 11.5 Å². The molecule has 29 heavy (non-hydrogen) atoms. The van der Waals surface area contributed by atoms with Crippen LogP contribution in [0, 0.1) is 6.92 Å². The maximum Gasteiger partial charge on any atom is 0.295 e. The van der Waals surface area contributed by atoms with Gasteiger partial charge in [-0.3, -0.25) is 14.3 Å². The summed E-state index contributed by atoms with van der Waals surface area (Å²) in [7, 11) is 1.77. The molecule has 0 fully saturated rings. The number of carbonyl (C=O) groups is 1. The van der Waals surface area contributed by atoms with Crippen LogP contribution in [0.25, 0.3) is 17.0 Å². The number of aromatic nitrogens is 2. The molecule has 2 aromatic carbocycles. The summed E-state index contributed by atoms with van der Waals surface area (Å²) >= 11 is 6.01. The van der Waals surface area contributed by atoms with Gasteiger partial charge in [-0.25, -0.2) is 4.68 Å². The van der Waals surface area contributed by atoms with Crippen molar-refractivity contribution < 1.29 is 9.21 Å². The molecule has 1 N–H and O–H groups in total. The van der Waals surface area contributed by atoms with Crippen molar-refractivity contribution in [3.8, 4) is 17.0 Å². The van der Waals surface area contributed by atoms with E-state index in [9.17, 15) is 9.59 Å². The van der Waals surface area contributed by atoms with E-state index in [1.807, 2.05) is 36.4 Å². The number of furan rings is 1. The molecule has 4 aromatic rings. The van der Waals surface area contributed by atoms with E-state index in [-0.39, 0.29) is 17.0 Å². The quantitative estimate of drug-likeness (QED) is 0.535. The van der Waals surface area contributed by atoms with Gasteiger partial charge in [0.1, 0.15) is 11.4 Å². The number of hydrogen-bond acceptors (Lipinski definition) is 3. The Kier molecular flexibility index (Phi) is 4.86. The number of amides is 1. The summed E-state index contributed by atoms with van der Waals surface area (Å²) in [4.78, 5) is 25.6. The van der Waals surface area contributed by atoms with Crippen LogP contribution in [0.4, 0.5) is 5.69 Å². The Balaban J connectivity index is 1.64. The molecule has 0 spiro atoms. The highest BCUT2D eigenvalue weighted by Gasteiger charge is 2.20. The topological polar surface area (TPSA) is 69.2 Å². The molecule has 0 bridgehead atoms. The molecule has 0 atom stereocenters. The van der Waals surface area contributed by atoms with E-state index < -0.39 is 5.91 Å². The molecule has 0 aliphatic heterocycles. The van der Waals surface area contributed by atoms with Gasteiger partial charge >= 0.3 is 0 Å². The van der Waals surface area contributed by atoms with Crippen LogP contribution in [0.15, 0.2) is 75.9 Å². The number of hydrogen-bond donors (Lipinski definition) is 1. The first kappa shape index (κ1) is 18.8. The zero-order valence-electron chi connectivity index (χ0n) is 15.8. The molecule has 7 heteroatoms. The molecule has 0 saturated heterocycles. The van der Waals surface area contributed by atoms with Crippen LogP contribution in [0.1, 0.15) is 16.2 Å². The zero-order chi connectivity index (χ0) is 20.5. The van der Waals surface area contributed by atoms with Crippen molar-refractivity contribution in [3.05, 3.63) is 93.6 Å². The first-order valence-electron chi connectivity index (χ1n) is 8.97. The summed E-state index contributed by atoms with van der Waals surface area (Å²) in [5.41, 5.74) is 2.01. The molecule has 2 heterocycles. The molecule has 4 rings (SSSR count). The third-order valence-corrected chi connectivity index (χ3v) is 4.97. The normalized spacial score (nSPS) is 10.9. The minimum atomic E-state index is -0.496. The van der Waals surface area contributed by atoms with Gasteiger partial charge in [0, 0.05) is 17.6 Å². The predicted molar refractivity (Wildman–Crippen MR) is 113 cm³/mol. The maximum absolute atomic E-state index is 12.9. The molecule has 146 valence electrons. The van der Waals surface area contributed by atoms with Crippen LogP contribution < -0.4 is 10.9 Å². The maximum atomic E-state index is 12.9. The van der Waals surface area contributed by atoms with Gasteiger partial charge < -0.3 is 9.73 Å². The molecule has 6 nitrogen and oxygen atoms in total. The van der Waals surface area contributed by atoms with Crippen molar-refractivity contribution in [2.24, 2.45) is 7.05 Å². The van der Waals surface area contributed by atoms with Gasteiger partial charge in [-0.05, 0) is 43.3 Å². The second-order valence-electron chi connectivity index (χ2n) is 6.56. The molecule has 0 aliphatic carbocycles. The Bertz CT molecular complexity index is 1250. The van der Waals surface area contributed by atoms with Crippen molar-refractivity contribution in [3.63, 3.8) is 0 Å². The van der Waals surface area contributed by atoms with E-state index in [0.717, 1.165) is 5.56 Å². The Morgan fingerprint density at radius 3 is 2.52 bits per heavy atom. The Labute approximate surface area is 171 Å². The van der Waals surface area contributed by atoms with Crippen LogP contribution in [0.5, 0.6) is 0 Å². The van der Waals surface area contributed by atoms with E-state index in [0.29, 0.717) is 22.2 Å². The number of nitrogens with one attached hydrogen (secondary N) is 1. The lowest BCUT2D eigenvalue weighted by Gasteiger charge is -2.07. The molecular formula is C22H18ClN3O3. The third kappa shape index (κ3) is 3.50. The number of para-hydroxylation sites is 1. The van der Waals surface area contributed by atoms with Crippen molar-refractivity contribution >= 4 is 23.2 Å². The standard InChI is InChI=1S/C22H18ClN3O3/c1-14-20(22(28)26(25(14)2)17-9-4-3-5-10-17)24-21(27)19-12-11-18(29-19)15-7-6-8-16(23)13-15/h3-13H,1-2H3,(H,24,27). The number of carbonyl (C=O) groups excluding carboxylic acids is 1. The Morgan fingerprint density at radius 2 is 1.79 bits per heavy atom. The first-order valence-corrected chi connectivity index (χ1v) is 9.34.